The molecule has 1 aromatic carbocycles. The second kappa shape index (κ2) is 5.67. The van der Waals surface area contributed by atoms with E-state index in [1.54, 1.807) is 0 Å². The third-order valence-corrected chi connectivity index (χ3v) is 2.88. The number of benzene rings is 1. The Morgan fingerprint density at radius 2 is 1.59 bits per heavy atom. The van der Waals surface area contributed by atoms with E-state index in [1.807, 2.05) is 0 Å². The monoisotopic (exact) mass is 329 g/mol. The van der Waals surface area contributed by atoms with Crippen LogP contribution in [0.2, 0.25) is 0 Å². The number of hydrogen-bond acceptors (Lipinski definition) is 4. The van der Waals surface area contributed by atoms with Gasteiger partial charge in [-0.1, -0.05) is 12.1 Å². The van der Waals surface area contributed by atoms with Crippen molar-refractivity contribution in [2.45, 2.75) is 18.5 Å². The first-order valence-corrected chi connectivity index (χ1v) is 5.94. The number of hydroxylamine groups is 2. The van der Waals surface area contributed by atoms with Crippen LogP contribution >= 0.6 is 0 Å². The Kier molecular flexibility index (Phi) is 4.23. The molecule has 1 aliphatic heterocycles. The number of carbonyl (C=O) groups excluding carboxylic acids is 1. The molecule has 1 saturated heterocycles. The van der Waals surface area contributed by atoms with Gasteiger partial charge in [-0.2, -0.15) is 13.2 Å². The van der Waals surface area contributed by atoms with E-state index in [0.29, 0.717) is 5.56 Å². The zero-order valence-corrected chi connectivity index (χ0v) is 10.7. The molecule has 4 nitrogen and oxygen atoms in total. The van der Waals surface area contributed by atoms with Crippen LogP contribution in [-0.4, -0.2) is 36.7 Å². The van der Waals surface area contributed by atoms with Crippen molar-refractivity contribution >= 4 is 5.97 Å². The highest BCUT2D eigenvalue weighted by Gasteiger charge is 2.44. The Bertz CT molecular complexity index is 533. The summed E-state index contributed by atoms with van der Waals surface area (Å²) in [6, 6.07) is 4.95. The largest absolute Gasteiger partial charge is 0.573 e. The quantitative estimate of drug-likeness (QED) is 0.799. The predicted molar refractivity (Wildman–Crippen MR) is 59.6 cm³/mol. The van der Waals surface area contributed by atoms with E-state index in [4.69, 9.17) is 0 Å². The average molecular weight is 329 g/mol. The topological polar surface area (TPSA) is 38.8 Å². The first kappa shape index (κ1) is 16.4. The third kappa shape index (κ3) is 4.26. The maximum atomic E-state index is 12.0. The fourth-order valence-electron chi connectivity index (χ4n) is 1.83. The molecule has 1 aliphatic rings. The Morgan fingerprint density at radius 1 is 1.05 bits per heavy atom. The molecule has 1 fully saturated rings. The molecule has 1 aromatic rings. The smallest absolute Gasteiger partial charge is 0.406 e. The van der Waals surface area contributed by atoms with E-state index in [2.05, 4.69) is 9.57 Å². The molecule has 0 amide bonds. The van der Waals surface area contributed by atoms with Crippen LogP contribution in [0, 0.1) is 0 Å². The highest BCUT2D eigenvalue weighted by atomic mass is 19.4. The van der Waals surface area contributed by atoms with Gasteiger partial charge in [0.15, 0.2) is 0 Å². The second-order valence-corrected chi connectivity index (χ2v) is 4.54. The summed E-state index contributed by atoms with van der Waals surface area (Å²) in [6.45, 7) is 0.0581. The molecule has 0 aromatic heterocycles. The Morgan fingerprint density at radius 3 is 2.05 bits per heavy atom. The van der Waals surface area contributed by atoms with Crippen molar-refractivity contribution in [3.8, 4) is 5.75 Å². The van der Waals surface area contributed by atoms with Crippen molar-refractivity contribution < 1.29 is 40.7 Å². The fraction of sp³-hybridized carbons (Fsp3) is 0.417. The van der Waals surface area contributed by atoms with Gasteiger partial charge in [0, 0.05) is 19.0 Å². The van der Waals surface area contributed by atoms with E-state index in [9.17, 15) is 31.1 Å². The van der Waals surface area contributed by atoms with Crippen molar-refractivity contribution in [2.75, 3.05) is 13.1 Å². The number of alkyl halides is 6. The van der Waals surface area contributed by atoms with Gasteiger partial charge in [0.05, 0.1) is 0 Å². The van der Waals surface area contributed by atoms with E-state index >= 15 is 0 Å². The lowest BCUT2D eigenvalue weighted by atomic mass is 9.93. The molecule has 0 spiro atoms. The fourth-order valence-corrected chi connectivity index (χ4v) is 1.83. The lowest BCUT2D eigenvalue weighted by Crippen LogP contribution is -2.47. The van der Waals surface area contributed by atoms with Crippen LogP contribution in [0.4, 0.5) is 26.3 Å². The minimum absolute atomic E-state index is 0.0291. The third-order valence-electron chi connectivity index (χ3n) is 2.88. The molecule has 10 heteroatoms. The van der Waals surface area contributed by atoms with Gasteiger partial charge >= 0.3 is 18.5 Å². The van der Waals surface area contributed by atoms with Crippen LogP contribution in [-0.2, 0) is 9.63 Å². The van der Waals surface area contributed by atoms with Gasteiger partial charge in [0.25, 0.3) is 0 Å². The summed E-state index contributed by atoms with van der Waals surface area (Å²) in [6.07, 6.45) is -9.86. The van der Waals surface area contributed by atoms with Crippen molar-refractivity contribution in [1.82, 2.24) is 5.06 Å². The highest BCUT2D eigenvalue weighted by Crippen LogP contribution is 2.31. The summed E-state index contributed by atoms with van der Waals surface area (Å²) in [7, 11) is 0. The van der Waals surface area contributed by atoms with Crippen molar-refractivity contribution in [2.24, 2.45) is 0 Å². The van der Waals surface area contributed by atoms with E-state index in [1.165, 1.54) is 12.1 Å². The summed E-state index contributed by atoms with van der Waals surface area (Å²) in [5.74, 6) is -2.93. The van der Waals surface area contributed by atoms with Crippen molar-refractivity contribution in [3.05, 3.63) is 29.8 Å². The van der Waals surface area contributed by atoms with E-state index in [0.717, 1.165) is 17.2 Å². The summed E-state index contributed by atoms with van der Waals surface area (Å²) >= 11 is 0. The van der Waals surface area contributed by atoms with Gasteiger partial charge in [-0.15, -0.1) is 18.2 Å². The number of ether oxygens (including phenoxy) is 1. The Labute approximate surface area is 120 Å². The lowest BCUT2D eigenvalue weighted by molar-refractivity contribution is -0.274. The maximum absolute atomic E-state index is 12.0. The number of nitrogens with zero attached hydrogens (tertiary/aromatic N) is 1. The number of halogens is 6. The molecule has 2 rings (SSSR count). The SMILES string of the molecule is O=C(ON1CC(c2ccc(OC(F)(F)F)cc2)C1)C(F)(F)F. The number of carbonyl (C=O) groups is 1. The normalized spacial score (nSPS) is 17.0. The molecule has 1 heterocycles. The lowest BCUT2D eigenvalue weighted by Gasteiger charge is -2.37. The molecule has 0 N–H and O–H groups in total. The minimum atomic E-state index is -5.07. The van der Waals surface area contributed by atoms with Gasteiger partial charge in [0.2, 0.25) is 0 Å². The Hall–Kier alpha value is -1.97. The van der Waals surface area contributed by atoms with Crippen LogP contribution in [0.1, 0.15) is 11.5 Å². The summed E-state index contributed by atoms with van der Waals surface area (Å²) in [5, 5.41) is 0.834. The first-order valence-electron chi connectivity index (χ1n) is 5.94. The Balaban J connectivity index is 1.85. The molecular formula is C12H9F6NO3. The van der Waals surface area contributed by atoms with Crippen molar-refractivity contribution in [3.63, 3.8) is 0 Å². The molecule has 0 saturated carbocycles. The highest BCUT2D eigenvalue weighted by molar-refractivity contribution is 5.75. The minimum Gasteiger partial charge on any atom is -0.406 e. The molecule has 0 unspecified atom stereocenters. The predicted octanol–water partition coefficient (Wildman–Crippen LogP) is 3.00. The van der Waals surface area contributed by atoms with E-state index < -0.39 is 24.3 Å². The van der Waals surface area contributed by atoms with Gasteiger partial charge < -0.3 is 9.57 Å². The second-order valence-electron chi connectivity index (χ2n) is 4.54. The summed E-state index contributed by atoms with van der Waals surface area (Å²) in [4.78, 5) is 14.7. The standard InChI is InChI=1S/C12H9F6NO3/c13-11(14,15)10(20)22-19-5-8(6-19)7-1-3-9(4-2-7)21-12(16,17)18/h1-4,8H,5-6H2. The van der Waals surface area contributed by atoms with Crippen LogP contribution in [0.25, 0.3) is 0 Å². The zero-order chi connectivity index (χ0) is 16.5. The molecule has 0 bridgehead atoms. The molecule has 0 atom stereocenters. The number of hydrogen-bond donors (Lipinski definition) is 0. The molecule has 22 heavy (non-hydrogen) atoms. The van der Waals surface area contributed by atoms with Crippen LogP contribution in [0.15, 0.2) is 24.3 Å². The van der Waals surface area contributed by atoms with Gasteiger partial charge in [-0.25, -0.2) is 4.79 Å². The number of rotatable bonds is 3. The molecule has 0 aliphatic carbocycles. The van der Waals surface area contributed by atoms with Crippen LogP contribution in [0.3, 0.4) is 0 Å². The van der Waals surface area contributed by atoms with Gasteiger partial charge in [-0.3, -0.25) is 0 Å². The average Bonchev–Trinajstić information content (AvgIpc) is 2.31. The molecule has 0 radical (unpaired) electrons. The van der Waals surface area contributed by atoms with Gasteiger partial charge in [0.1, 0.15) is 5.75 Å². The molecule has 122 valence electrons. The van der Waals surface area contributed by atoms with E-state index in [-0.39, 0.29) is 19.0 Å². The first-order chi connectivity index (χ1) is 10.0. The van der Waals surface area contributed by atoms with Crippen LogP contribution in [0.5, 0.6) is 5.75 Å². The zero-order valence-electron chi connectivity index (χ0n) is 10.7. The summed E-state index contributed by atoms with van der Waals surface area (Å²) < 4.78 is 75.5. The molecular weight excluding hydrogens is 320 g/mol. The maximum Gasteiger partial charge on any atom is 0.573 e. The van der Waals surface area contributed by atoms with Crippen molar-refractivity contribution in [1.29, 1.82) is 0 Å². The van der Waals surface area contributed by atoms with Gasteiger partial charge in [-0.05, 0) is 17.7 Å². The summed E-state index contributed by atoms with van der Waals surface area (Å²) in [5.41, 5.74) is 0.605. The van der Waals surface area contributed by atoms with Crippen LogP contribution < -0.4 is 4.74 Å².